The molecule has 0 aliphatic carbocycles. The monoisotopic (exact) mass is 348 g/mol. The number of hydrogen-bond acceptors (Lipinski definition) is 5. The van der Waals surface area contributed by atoms with Crippen molar-refractivity contribution in [2.75, 3.05) is 13.1 Å². The number of nitrogens with zero attached hydrogens (tertiary/aromatic N) is 4. The van der Waals surface area contributed by atoms with Crippen molar-refractivity contribution in [1.29, 1.82) is 0 Å². The highest BCUT2D eigenvalue weighted by atomic mass is 32.1. The molecule has 1 aliphatic rings. The van der Waals surface area contributed by atoms with Gasteiger partial charge in [0, 0.05) is 13.1 Å². The summed E-state index contributed by atoms with van der Waals surface area (Å²) in [7, 11) is 0. The molecule has 5 nitrogen and oxygen atoms in total. The van der Waals surface area contributed by atoms with Gasteiger partial charge in [-0.25, -0.2) is 4.68 Å². The Bertz CT molecular complexity index is 886. The number of aliphatic hydroxyl groups is 1. The van der Waals surface area contributed by atoms with Crippen LogP contribution in [0.3, 0.4) is 0 Å². The summed E-state index contributed by atoms with van der Waals surface area (Å²) in [6.07, 6.45) is 1.87. The van der Waals surface area contributed by atoms with Gasteiger partial charge < -0.3 is 5.11 Å². The van der Waals surface area contributed by atoms with Crippen molar-refractivity contribution >= 4 is 38.7 Å². The Kier molecular flexibility index (Phi) is 3.96. The third kappa shape index (κ3) is 2.71. The summed E-state index contributed by atoms with van der Waals surface area (Å²) in [5.41, 5.74) is 1.14. The van der Waals surface area contributed by atoms with Crippen molar-refractivity contribution in [3.8, 4) is 0 Å². The zero-order valence-electron chi connectivity index (χ0n) is 13.1. The van der Waals surface area contributed by atoms with E-state index in [4.69, 9.17) is 17.3 Å². The highest BCUT2D eigenvalue weighted by Gasteiger charge is 2.23. The Balaban J connectivity index is 1.58. The molecule has 1 aromatic carbocycles. The normalized spacial score (nSPS) is 18.9. The first kappa shape index (κ1) is 15.3. The number of thiazole rings is 1. The molecule has 0 saturated carbocycles. The summed E-state index contributed by atoms with van der Waals surface area (Å²) in [5, 5.41) is 14.4. The largest absolute Gasteiger partial charge is 0.393 e. The van der Waals surface area contributed by atoms with Gasteiger partial charge in [0.2, 0.25) is 9.73 Å². The van der Waals surface area contributed by atoms with Gasteiger partial charge in [0.1, 0.15) is 0 Å². The summed E-state index contributed by atoms with van der Waals surface area (Å²) in [6.45, 7) is 4.60. The van der Waals surface area contributed by atoms with Gasteiger partial charge in [-0.1, -0.05) is 23.5 Å². The molecule has 0 radical (unpaired) electrons. The molecule has 0 spiro atoms. The molecule has 4 rings (SSSR count). The predicted octanol–water partition coefficient (Wildman–Crippen LogP) is 3.13. The Labute approximate surface area is 143 Å². The molecule has 2 aromatic heterocycles. The lowest BCUT2D eigenvalue weighted by atomic mass is 9.92. The molecule has 1 N–H and O–H groups in total. The maximum Gasteiger partial charge on any atom is 0.216 e. The molecule has 7 heteroatoms. The molecular weight excluding hydrogens is 328 g/mol. The van der Waals surface area contributed by atoms with Gasteiger partial charge in [-0.05, 0) is 50.0 Å². The first-order chi connectivity index (χ1) is 11.1. The van der Waals surface area contributed by atoms with Crippen LogP contribution in [0, 0.1) is 10.7 Å². The summed E-state index contributed by atoms with van der Waals surface area (Å²) >= 11 is 7.32. The molecule has 1 fully saturated rings. The number of para-hydroxylation sites is 1. The number of rotatable bonds is 3. The minimum atomic E-state index is -0.205. The Hall–Kier alpha value is -1.28. The smallest absolute Gasteiger partial charge is 0.216 e. The van der Waals surface area contributed by atoms with Crippen molar-refractivity contribution in [2.45, 2.75) is 32.5 Å². The molecule has 0 unspecified atom stereocenters. The lowest BCUT2D eigenvalue weighted by Crippen LogP contribution is -2.38. The topological polar surface area (TPSA) is 45.7 Å². The van der Waals surface area contributed by atoms with Crippen LogP contribution in [-0.2, 0) is 6.67 Å². The highest BCUT2D eigenvalue weighted by Crippen LogP contribution is 2.26. The predicted molar refractivity (Wildman–Crippen MR) is 95.4 cm³/mol. The molecule has 3 heterocycles. The van der Waals surface area contributed by atoms with E-state index in [1.54, 1.807) is 11.3 Å². The Morgan fingerprint density at radius 1 is 1.35 bits per heavy atom. The van der Waals surface area contributed by atoms with Gasteiger partial charge in [0.15, 0.2) is 0 Å². The molecule has 23 heavy (non-hydrogen) atoms. The maximum atomic E-state index is 9.71. The van der Waals surface area contributed by atoms with Gasteiger partial charge in [0.05, 0.1) is 23.0 Å². The average molecular weight is 348 g/mol. The van der Waals surface area contributed by atoms with Gasteiger partial charge in [-0.2, -0.15) is 0 Å². The fraction of sp³-hybridized carbons (Fsp3) is 0.500. The number of aliphatic hydroxyl groups excluding tert-OH is 1. The van der Waals surface area contributed by atoms with E-state index in [2.05, 4.69) is 21.4 Å². The van der Waals surface area contributed by atoms with Gasteiger partial charge in [-0.15, -0.1) is 5.10 Å². The maximum absolute atomic E-state index is 9.71. The molecule has 3 aromatic rings. The molecule has 1 saturated heterocycles. The number of piperidine rings is 1. The SMILES string of the molecule is C[C@H](O)C1CCN(Cn2nc3sc4ccccc4n3c2=S)CC1. The third-order valence-corrected chi connectivity index (χ3v) is 6.17. The quantitative estimate of drug-likeness (QED) is 0.739. The van der Waals surface area contributed by atoms with E-state index in [1.807, 2.05) is 23.7 Å². The van der Waals surface area contributed by atoms with Crippen LogP contribution in [0.15, 0.2) is 24.3 Å². The second-order valence-electron chi connectivity index (χ2n) is 6.31. The third-order valence-electron chi connectivity index (χ3n) is 4.77. The minimum Gasteiger partial charge on any atom is -0.393 e. The zero-order chi connectivity index (χ0) is 16.0. The standard InChI is InChI=1S/C16H20N4OS2/c1-11(21)12-6-8-18(9-7-12)10-19-16(22)20-13-4-2-3-5-14(13)23-15(20)17-19/h2-5,11-12,21H,6-10H2,1H3/t11-/m0/s1. The number of hydrogen-bond donors (Lipinski definition) is 1. The van der Waals surface area contributed by atoms with E-state index in [0.29, 0.717) is 5.92 Å². The van der Waals surface area contributed by atoms with Crippen LogP contribution in [0.5, 0.6) is 0 Å². The Morgan fingerprint density at radius 3 is 2.83 bits per heavy atom. The molecule has 122 valence electrons. The molecule has 0 bridgehead atoms. The van der Waals surface area contributed by atoms with Gasteiger partial charge >= 0.3 is 0 Å². The van der Waals surface area contributed by atoms with Crippen molar-refractivity contribution in [2.24, 2.45) is 5.92 Å². The van der Waals surface area contributed by atoms with Crippen LogP contribution in [0.4, 0.5) is 0 Å². The van der Waals surface area contributed by atoms with E-state index in [1.165, 1.54) is 4.70 Å². The molecule has 1 aliphatic heterocycles. The highest BCUT2D eigenvalue weighted by molar-refractivity contribution is 7.71. The summed E-state index contributed by atoms with van der Waals surface area (Å²) < 4.78 is 5.97. The summed E-state index contributed by atoms with van der Waals surface area (Å²) in [6, 6.07) is 8.28. The van der Waals surface area contributed by atoms with E-state index in [-0.39, 0.29) is 6.10 Å². The number of likely N-dealkylation sites (tertiary alicyclic amines) is 1. The summed E-state index contributed by atoms with van der Waals surface area (Å²) in [5.74, 6) is 0.425. The molecule has 1 atom stereocenters. The van der Waals surface area contributed by atoms with Gasteiger partial charge in [-0.3, -0.25) is 9.30 Å². The number of aromatic nitrogens is 3. The van der Waals surface area contributed by atoms with E-state index in [9.17, 15) is 5.11 Å². The summed E-state index contributed by atoms with van der Waals surface area (Å²) in [4.78, 5) is 3.32. The first-order valence-electron chi connectivity index (χ1n) is 8.01. The number of benzene rings is 1. The van der Waals surface area contributed by atoms with Crippen LogP contribution in [0.1, 0.15) is 19.8 Å². The fourth-order valence-electron chi connectivity index (χ4n) is 3.35. The second kappa shape index (κ2) is 5.98. The van der Waals surface area contributed by atoms with Crippen LogP contribution in [0.25, 0.3) is 15.2 Å². The van der Waals surface area contributed by atoms with Gasteiger partial charge in [0.25, 0.3) is 0 Å². The fourth-order valence-corrected chi connectivity index (χ4v) is 4.71. The van der Waals surface area contributed by atoms with E-state index >= 15 is 0 Å². The Morgan fingerprint density at radius 2 is 2.09 bits per heavy atom. The van der Waals surface area contributed by atoms with Crippen LogP contribution >= 0.6 is 23.6 Å². The zero-order valence-corrected chi connectivity index (χ0v) is 14.7. The molecular formula is C16H20N4OS2. The number of fused-ring (bicyclic) bond motifs is 3. The van der Waals surface area contributed by atoms with Crippen molar-refractivity contribution in [3.05, 3.63) is 29.0 Å². The lowest BCUT2D eigenvalue weighted by Gasteiger charge is -2.32. The molecule has 0 amide bonds. The lowest BCUT2D eigenvalue weighted by molar-refractivity contribution is 0.0592. The van der Waals surface area contributed by atoms with Crippen molar-refractivity contribution in [3.63, 3.8) is 0 Å². The van der Waals surface area contributed by atoms with Crippen LogP contribution in [0.2, 0.25) is 0 Å². The average Bonchev–Trinajstić information content (AvgIpc) is 3.05. The van der Waals surface area contributed by atoms with Crippen molar-refractivity contribution in [1.82, 2.24) is 19.1 Å². The minimum absolute atomic E-state index is 0.205. The second-order valence-corrected chi connectivity index (χ2v) is 7.68. The van der Waals surface area contributed by atoms with Crippen LogP contribution < -0.4 is 0 Å². The first-order valence-corrected chi connectivity index (χ1v) is 9.23. The van der Waals surface area contributed by atoms with E-state index < -0.39 is 0 Å². The van der Waals surface area contributed by atoms with E-state index in [0.717, 1.165) is 47.8 Å². The van der Waals surface area contributed by atoms with Crippen LogP contribution in [-0.4, -0.2) is 43.4 Å². The van der Waals surface area contributed by atoms with Crippen molar-refractivity contribution < 1.29 is 5.11 Å².